The molecule has 0 saturated carbocycles. The van der Waals surface area contributed by atoms with E-state index >= 15 is 0 Å². The number of rotatable bonds is 3. The van der Waals surface area contributed by atoms with Crippen molar-refractivity contribution in [1.29, 1.82) is 0 Å². The summed E-state index contributed by atoms with van der Waals surface area (Å²) in [6, 6.07) is 4.30. The second-order valence-electron chi connectivity index (χ2n) is 4.71. The Morgan fingerprint density at radius 2 is 2.44 bits per heavy atom. The zero-order valence-electron chi connectivity index (χ0n) is 10.5. The number of nitrogens with one attached hydrogen (secondary N) is 1. The summed E-state index contributed by atoms with van der Waals surface area (Å²) in [4.78, 5) is 0. The molecule has 18 heavy (non-hydrogen) atoms. The van der Waals surface area contributed by atoms with Gasteiger partial charge in [0.05, 0.1) is 11.9 Å². The van der Waals surface area contributed by atoms with Crippen LogP contribution in [0.15, 0.2) is 24.5 Å². The van der Waals surface area contributed by atoms with Gasteiger partial charge in [0.25, 0.3) is 0 Å². The summed E-state index contributed by atoms with van der Waals surface area (Å²) in [5.41, 5.74) is 3.68. The van der Waals surface area contributed by atoms with Crippen LogP contribution < -0.4 is 5.32 Å². The van der Waals surface area contributed by atoms with E-state index in [1.165, 1.54) is 24.1 Å². The molecule has 1 N–H and O–H groups in total. The van der Waals surface area contributed by atoms with Crippen molar-refractivity contribution >= 4 is 0 Å². The van der Waals surface area contributed by atoms with Crippen LogP contribution in [-0.2, 0) is 20.0 Å². The largest absolute Gasteiger partial charge is 0.304 e. The lowest BCUT2D eigenvalue weighted by atomic mass is 9.93. The van der Waals surface area contributed by atoms with E-state index < -0.39 is 0 Å². The minimum atomic E-state index is 0.393. The average Bonchev–Trinajstić information content (AvgIpc) is 2.80. The van der Waals surface area contributed by atoms with Gasteiger partial charge in [-0.25, -0.2) is 0 Å². The van der Waals surface area contributed by atoms with E-state index in [4.69, 9.17) is 0 Å². The molecular weight excluding hydrogens is 226 g/mol. The SMILES string of the molecule is Cn1ncc2c1CCCC2NCc1cccnn1. The molecule has 1 aliphatic carbocycles. The molecule has 2 heterocycles. The summed E-state index contributed by atoms with van der Waals surface area (Å²) in [6.07, 6.45) is 7.20. The molecule has 2 aromatic heterocycles. The van der Waals surface area contributed by atoms with E-state index in [1.807, 2.05) is 30.1 Å². The van der Waals surface area contributed by atoms with Crippen LogP contribution in [0, 0.1) is 0 Å². The van der Waals surface area contributed by atoms with E-state index in [9.17, 15) is 0 Å². The molecule has 0 aromatic carbocycles. The van der Waals surface area contributed by atoms with Crippen LogP contribution in [0.4, 0.5) is 0 Å². The molecule has 94 valence electrons. The van der Waals surface area contributed by atoms with Gasteiger partial charge in [-0.2, -0.15) is 15.3 Å². The summed E-state index contributed by atoms with van der Waals surface area (Å²) in [6.45, 7) is 0.757. The number of nitrogens with zero attached hydrogens (tertiary/aromatic N) is 4. The summed E-state index contributed by atoms with van der Waals surface area (Å²) in [7, 11) is 2.02. The van der Waals surface area contributed by atoms with Gasteiger partial charge < -0.3 is 5.32 Å². The standard InChI is InChI=1S/C13H17N5/c1-18-13-6-2-5-12(11(13)9-16-18)14-8-10-4-3-7-15-17-10/h3-4,7,9,12,14H,2,5-6,8H2,1H3. The molecule has 0 spiro atoms. The third-order valence-corrected chi connectivity index (χ3v) is 3.53. The van der Waals surface area contributed by atoms with E-state index in [0.29, 0.717) is 6.04 Å². The van der Waals surface area contributed by atoms with Crippen molar-refractivity contribution in [2.75, 3.05) is 0 Å². The monoisotopic (exact) mass is 243 g/mol. The Balaban J connectivity index is 1.71. The zero-order chi connectivity index (χ0) is 12.4. The first-order valence-corrected chi connectivity index (χ1v) is 6.35. The van der Waals surface area contributed by atoms with Crippen molar-refractivity contribution < 1.29 is 0 Å². The molecule has 0 aliphatic heterocycles. The maximum atomic E-state index is 4.35. The van der Waals surface area contributed by atoms with Crippen LogP contribution in [0.25, 0.3) is 0 Å². The highest BCUT2D eigenvalue weighted by Crippen LogP contribution is 2.29. The minimum Gasteiger partial charge on any atom is -0.304 e. The number of hydrogen-bond acceptors (Lipinski definition) is 4. The molecule has 0 bridgehead atoms. The fourth-order valence-electron chi connectivity index (χ4n) is 2.57. The van der Waals surface area contributed by atoms with E-state index in [2.05, 4.69) is 20.6 Å². The second-order valence-corrected chi connectivity index (χ2v) is 4.71. The van der Waals surface area contributed by atoms with E-state index in [-0.39, 0.29) is 0 Å². The molecule has 0 fully saturated rings. The van der Waals surface area contributed by atoms with Gasteiger partial charge in [-0.05, 0) is 31.4 Å². The zero-order valence-corrected chi connectivity index (χ0v) is 10.5. The maximum absolute atomic E-state index is 4.35. The first-order chi connectivity index (χ1) is 8.84. The van der Waals surface area contributed by atoms with Gasteiger partial charge in [0.15, 0.2) is 0 Å². The van der Waals surface area contributed by atoms with Crippen LogP contribution in [0.1, 0.15) is 35.8 Å². The summed E-state index contributed by atoms with van der Waals surface area (Å²) >= 11 is 0. The smallest absolute Gasteiger partial charge is 0.0769 e. The lowest BCUT2D eigenvalue weighted by molar-refractivity contribution is 0.448. The molecular formula is C13H17N5. The van der Waals surface area contributed by atoms with Crippen molar-refractivity contribution in [3.63, 3.8) is 0 Å². The van der Waals surface area contributed by atoms with Crippen LogP contribution in [0.5, 0.6) is 0 Å². The van der Waals surface area contributed by atoms with Crippen LogP contribution in [-0.4, -0.2) is 20.0 Å². The summed E-state index contributed by atoms with van der Waals surface area (Å²) in [5.74, 6) is 0. The minimum absolute atomic E-state index is 0.393. The van der Waals surface area contributed by atoms with Gasteiger partial charge in [0.1, 0.15) is 0 Å². The van der Waals surface area contributed by atoms with Crippen LogP contribution in [0.2, 0.25) is 0 Å². The highest BCUT2D eigenvalue weighted by Gasteiger charge is 2.22. The Hall–Kier alpha value is -1.75. The first-order valence-electron chi connectivity index (χ1n) is 6.35. The van der Waals surface area contributed by atoms with Crippen LogP contribution >= 0.6 is 0 Å². The van der Waals surface area contributed by atoms with Gasteiger partial charge in [-0.1, -0.05) is 0 Å². The van der Waals surface area contributed by atoms with Crippen molar-refractivity contribution in [1.82, 2.24) is 25.3 Å². The summed E-state index contributed by atoms with van der Waals surface area (Å²) in [5, 5.41) is 15.9. The normalized spacial score (nSPS) is 18.6. The lowest BCUT2D eigenvalue weighted by Crippen LogP contribution is -2.25. The van der Waals surface area contributed by atoms with Crippen molar-refractivity contribution in [2.45, 2.75) is 31.8 Å². The molecule has 2 aromatic rings. The molecule has 5 heteroatoms. The molecule has 0 radical (unpaired) electrons. The first kappa shape index (κ1) is 11.3. The molecule has 1 aliphatic rings. The van der Waals surface area contributed by atoms with E-state index in [1.54, 1.807) is 6.20 Å². The van der Waals surface area contributed by atoms with E-state index in [0.717, 1.165) is 18.7 Å². The molecule has 1 unspecified atom stereocenters. The molecule has 3 rings (SSSR count). The van der Waals surface area contributed by atoms with Crippen molar-refractivity contribution in [2.24, 2.45) is 7.05 Å². The molecule has 0 amide bonds. The maximum Gasteiger partial charge on any atom is 0.0769 e. The predicted octanol–water partition coefficient (Wildman–Crippen LogP) is 1.38. The Bertz CT molecular complexity index is 519. The number of aromatic nitrogens is 4. The molecule has 5 nitrogen and oxygen atoms in total. The molecule has 1 atom stereocenters. The third-order valence-electron chi connectivity index (χ3n) is 3.53. The van der Waals surface area contributed by atoms with Gasteiger partial charge in [0, 0.05) is 37.1 Å². The van der Waals surface area contributed by atoms with Gasteiger partial charge in [-0.15, -0.1) is 0 Å². The van der Waals surface area contributed by atoms with Gasteiger partial charge >= 0.3 is 0 Å². The van der Waals surface area contributed by atoms with Crippen molar-refractivity contribution in [3.05, 3.63) is 41.5 Å². The Morgan fingerprint density at radius 3 is 3.28 bits per heavy atom. The fraction of sp³-hybridized carbons (Fsp3) is 0.462. The Morgan fingerprint density at radius 1 is 1.50 bits per heavy atom. The second kappa shape index (κ2) is 4.86. The Labute approximate surface area is 106 Å². The third kappa shape index (κ3) is 2.13. The number of fused-ring (bicyclic) bond motifs is 1. The Kier molecular flexibility index (Phi) is 3.06. The topological polar surface area (TPSA) is 55.6 Å². The van der Waals surface area contributed by atoms with Crippen LogP contribution in [0.3, 0.4) is 0 Å². The average molecular weight is 243 g/mol. The highest BCUT2D eigenvalue weighted by molar-refractivity contribution is 5.24. The highest BCUT2D eigenvalue weighted by atomic mass is 15.3. The predicted molar refractivity (Wildman–Crippen MR) is 67.8 cm³/mol. The number of aryl methyl sites for hydroxylation is 1. The number of hydrogen-bond donors (Lipinski definition) is 1. The van der Waals surface area contributed by atoms with Crippen molar-refractivity contribution in [3.8, 4) is 0 Å². The van der Waals surface area contributed by atoms with Gasteiger partial charge in [-0.3, -0.25) is 4.68 Å². The lowest BCUT2D eigenvalue weighted by Gasteiger charge is -2.23. The molecule has 0 saturated heterocycles. The summed E-state index contributed by atoms with van der Waals surface area (Å²) < 4.78 is 1.99. The fourth-order valence-corrected chi connectivity index (χ4v) is 2.57. The van der Waals surface area contributed by atoms with Gasteiger partial charge in [0.2, 0.25) is 0 Å². The quantitative estimate of drug-likeness (QED) is 0.884.